The molecule has 30 heavy (non-hydrogen) atoms. The van der Waals surface area contributed by atoms with Crippen molar-refractivity contribution >= 4 is 16.7 Å². The standard InChI is InChI=1S/C23H20F2N2O3/c1-27(23(29)14-6-5-12-3-2-4-13(12)7-14)20-11-30-10-19-21(20)15-8-17(24)18(25)9-16(15)22(28)26-19/h5-9,20H,2-4,10-11H2,1H3,(H,26,28)/t20-/m0/s1. The first-order valence-electron chi connectivity index (χ1n) is 9.94. The highest BCUT2D eigenvalue weighted by Crippen LogP contribution is 2.34. The van der Waals surface area contributed by atoms with Crippen LogP contribution in [-0.2, 0) is 24.2 Å². The van der Waals surface area contributed by atoms with Crippen molar-refractivity contribution in [3.05, 3.63) is 80.3 Å². The molecule has 0 radical (unpaired) electrons. The number of benzene rings is 2. The van der Waals surface area contributed by atoms with Gasteiger partial charge in [0.05, 0.1) is 24.6 Å². The van der Waals surface area contributed by atoms with E-state index >= 15 is 0 Å². The third-order valence-electron chi connectivity index (χ3n) is 6.17. The molecule has 2 aliphatic rings. The van der Waals surface area contributed by atoms with Gasteiger partial charge in [0.25, 0.3) is 11.5 Å². The molecule has 5 nitrogen and oxygen atoms in total. The molecule has 1 N–H and O–H groups in total. The predicted molar refractivity (Wildman–Crippen MR) is 107 cm³/mol. The van der Waals surface area contributed by atoms with E-state index in [9.17, 15) is 18.4 Å². The summed E-state index contributed by atoms with van der Waals surface area (Å²) in [6.45, 7) is 0.331. The number of nitrogens with one attached hydrogen (secondary N) is 1. The number of amides is 1. The molecule has 1 amide bonds. The van der Waals surface area contributed by atoms with Gasteiger partial charge in [-0.05, 0) is 60.0 Å². The van der Waals surface area contributed by atoms with Crippen molar-refractivity contribution in [3.63, 3.8) is 0 Å². The Morgan fingerprint density at radius 1 is 1.10 bits per heavy atom. The Hall–Kier alpha value is -3.06. The number of halogens is 2. The van der Waals surface area contributed by atoms with Crippen LogP contribution in [0, 0.1) is 11.6 Å². The molecule has 0 fully saturated rings. The highest BCUT2D eigenvalue weighted by atomic mass is 19.2. The number of aromatic nitrogens is 1. The molecule has 0 saturated carbocycles. The van der Waals surface area contributed by atoms with Crippen molar-refractivity contribution in [1.82, 2.24) is 9.88 Å². The summed E-state index contributed by atoms with van der Waals surface area (Å²) in [6, 6.07) is 7.15. The van der Waals surface area contributed by atoms with Gasteiger partial charge < -0.3 is 14.6 Å². The van der Waals surface area contributed by atoms with E-state index in [1.54, 1.807) is 11.9 Å². The van der Waals surface area contributed by atoms with Gasteiger partial charge in [-0.1, -0.05) is 6.07 Å². The van der Waals surface area contributed by atoms with E-state index in [0.29, 0.717) is 22.2 Å². The van der Waals surface area contributed by atoms with E-state index in [-0.39, 0.29) is 24.5 Å². The van der Waals surface area contributed by atoms with E-state index < -0.39 is 23.2 Å². The average molecular weight is 410 g/mol. The summed E-state index contributed by atoms with van der Waals surface area (Å²) in [7, 11) is 1.66. The van der Waals surface area contributed by atoms with Crippen molar-refractivity contribution in [2.75, 3.05) is 13.7 Å². The van der Waals surface area contributed by atoms with Crippen LogP contribution in [0.2, 0.25) is 0 Å². The van der Waals surface area contributed by atoms with Gasteiger partial charge in [0.1, 0.15) is 0 Å². The normalized spacial score (nSPS) is 17.6. The summed E-state index contributed by atoms with van der Waals surface area (Å²) < 4.78 is 33.4. The second-order valence-corrected chi connectivity index (χ2v) is 7.94. The molecule has 1 aliphatic heterocycles. The van der Waals surface area contributed by atoms with Crippen LogP contribution in [-0.4, -0.2) is 29.4 Å². The van der Waals surface area contributed by atoms with Crippen molar-refractivity contribution in [1.29, 1.82) is 0 Å². The van der Waals surface area contributed by atoms with Crippen LogP contribution in [0.5, 0.6) is 0 Å². The third-order valence-corrected chi connectivity index (χ3v) is 6.17. The first-order chi connectivity index (χ1) is 14.4. The number of aryl methyl sites for hydroxylation is 2. The number of likely N-dealkylation sites (N-methyl/N-ethyl adjacent to an activating group) is 1. The minimum atomic E-state index is -1.08. The molecule has 154 valence electrons. The molecule has 1 atom stereocenters. The fraction of sp³-hybridized carbons (Fsp3) is 0.304. The lowest BCUT2D eigenvalue weighted by Gasteiger charge is -2.34. The van der Waals surface area contributed by atoms with E-state index in [1.807, 2.05) is 18.2 Å². The predicted octanol–water partition coefficient (Wildman–Crippen LogP) is 3.64. The number of H-pyrrole nitrogens is 1. The van der Waals surface area contributed by atoms with Gasteiger partial charge in [0.2, 0.25) is 0 Å². The first kappa shape index (κ1) is 18.9. The fourth-order valence-corrected chi connectivity index (χ4v) is 4.60. The zero-order valence-corrected chi connectivity index (χ0v) is 16.4. The fourth-order valence-electron chi connectivity index (χ4n) is 4.60. The Labute approximate surface area is 171 Å². The molecule has 3 aromatic rings. The Morgan fingerprint density at radius 2 is 1.83 bits per heavy atom. The van der Waals surface area contributed by atoms with Gasteiger partial charge in [-0.25, -0.2) is 8.78 Å². The van der Waals surface area contributed by atoms with Gasteiger partial charge in [0.15, 0.2) is 11.6 Å². The maximum atomic E-state index is 14.0. The maximum absolute atomic E-state index is 14.0. The van der Waals surface area contributed by atoms with Gasteiger partial charge in [-0.2, -0.15) is 0 Å². The quantitative estimate of drug-likeness (QED) is 0.702. The molecule has 2 heterocycles. The monoisotopic (exact) mass is 410 g/mol. The number of carbonyl (C=O) groups excluding carboxylic acids is 1. The van der Waals surface area contributed by atoms with Crippen molar-refractivity contribution in [3.8, 4) is 0 Å². The van der Waals surface area contributed by atoms with E-state index in [4.69, 9.17) is 4.74 Å². The van der Waals surface area contributed by atoms with Crippen LogP contribution >= 0.6 is 0 Å². The zero-order chi connectivity index (χ0) is 21.0. The van der Waals surface area contributed by atoms with Crippen molar-refractivity contribution < 1.29 is 18.3 Å². The van der Waals surface area contributed by atoms with Crippen LogP contribution in [0.3, 0.4) is 0 Å². The molecule has 0 bridgehead atoms. The Bertz CT molecular complexity index is 1250. The number of fused-ring (bicyclic) bond motifs is 4. The summed E-state index contributed by atoms with van der Waals surface area (Å²) in [4.78, 5) is 29.9. The van der Waals surface area contributed by atoms with Gasteiger partial charge in [0, 0.05) is 23.9 Å². The highest BCUT2D eigenvalue weighted by Gasteiger charge is 2.31. The smallest absolute Gasteiger partial charge is 0.256 e. The number of pyridine rings is 1. The number of rotatable bonds is 2. The third kappa shape index (κ3) is 2.92. The zero-order valence-electron chi connectivity index (χ0n) is 16.4. The second-order valence-electron chi connectivity index (χ2n) is 7.94. The lowest BCUT2D eigenvalue weighted by atomic mass is 9.95. The van der Waals surface area contributed by atoms with E-state index in [2.05, 4.69) is 4.98 Å². The number of ether oxygens (including phenoxy) is 1. The van der Waals surface area contributed by atoms with E-state index in [1.165, 1.54) is 11.1 Å². The number of hydrogen-bond acceptors (Lipinski definition) is 3. The topological polar surface area (TPSA) is 62.4 Å². The second kappa shape index (κ2) is 7.02. The summed E-state index contributed by atoms with van der Waals surface area (Å²) in [5.41, 5.74) is 3.61. The van der Waals surface area contributed by atoms with Crippen molar-refractivity contribution in [2.45, 2.75) is 31.9 Å². The number of nitrogens with zero attached hydrogens (tertiary/aromatic N) is 1. The molecule has 0 spiro atoms. The molecule has 7 heteroatoms. The summed E-state index contributed by atoms with van der Waals surface area (Å²) in [5.74, 6) is -2.31. The summed E-state index contributed by atoms with van der Waals surface area (Å²) in [5, 5.41) is 0.354. The number of carbonyl (C=O) groups is 1. The van der Waals surface area contributed by atoms with Gasteiger partial charge in [-0.3, -0.25) is 9.59 Å². The SMILES string of the molecule is CN(C(=O)c1ccc2c(c1)CCC2)[C@H]1COCc2[nH]c(=O)c3cc(F)c(F)cc3c21. The molecule has 1 aliphatic carbocycles. The Kier molecular flexibility index (Phi) is 4.43. The van der Waals surface area contributed by atoms with Crippen molar-refractivity contribution in [2.24, 2.45) is 0 Å². The summed E-state index contributed by atoms with van der Waals surface area (Å²) >= 11 is 0. The first-order valence-corrected chi connectivity index (χ1v) is 9.94. The summed E-state index contributed by atoms with van der Waals surface area (Å²) in [6.07, 6.45) is 3.09. The minimum Gasteiger partial charge on any atom is -0.373 e. The lowest BCUT2D eigenvalue weighted by molar-refractivity contribution is 0.0335. The van der Waals surface area contributed by atoms with Gasteiger partial charge >= 0.3 is 0 Å². The van der Waals surface area contributed by atoms with E-state index in [0.717, 1.165) is 31.4 Å². The van der Waals surface area contributed by atoms with Crippen LogP contribution in [0.1, 0.15) is 45.2 Å². The highest BCUT2D eigenvalue weighted by molar-refractivity contribution is 5.95. The van der Waals surface area contributed by atoms with Crippen LogP contribution in [0.25, 0.3) is 10.8 Å². The number of hydrogen-bond donors (Lipinski definition) is 1. The Balaban J connectivity index is 1.60. The average Bonchev–Trinajstić information content (AvgIpc) is 3.21. The molecule has 2 aromatic carbocycles. The number of aromatic amines is 1. The molecular formula is C23H20F2N2O3. The molecule has 1 aromatic heterocycles. The molecule has 0 unspecified atom stereocenters. The van der Waals surface area contributed by atoms with Crippen LogP contribution < -0.4 is 5.56 Å². The van der Waals surface area contributed by atoms with Crippen LogP contribution in [0.4, 0.5) is 8.78 Å². The Morgan fingerprint density at radius 3 is 2.63 bits per heavy atom. The molecular weight excluding hydrogens is 390 g/mol. The molecule has 0 saturated heterocycles. The largest absolute Gasteiger partial charge is 0.373 e. The van der Waals surface area contributed by atoms with Gasteiger partial charge in [-0.15, -0.1) is 0 Å². The molecule has 5 rings (SSSR count). The minimum absolute atomic E-state index is 0.0536. The maximum Gasteiger partial charge on any atom is 0.256 e. The van der Waals surface area contributed by atoms with Crippen LogP contribution in [0.15, 0.2) is 35.1 Å². The lowest BCUT2D eigenvalue weighted by Crippen LogP contribution is -2.37.